The van der Waals surface area contributed by atoms with Gasteiger partial charge in [0.25, 0.3) is 0 Å². The van der Waals surface area contributed by atoms with Crippen molar-refractivity contribution in [2.75, 3.05) is 11.4 Å². The molecular weight excluding hydrogens is 236 g/mol. The van der Waals surface area contributed by atoms with Gasteiger partial charge in [0.2, 0.25) is 5.91 Å². The van der Waals surface area contributed by atoms with Crippen LogP contribution in [0.1, 0.15) is 12.5 Å². The van der Waals surface area contributed by atoms with Gasteiger partial charge < -0.3 is 0 Å². The average Bonchev–Trinajstić information content (AvgIpc) is 2.70. The van der Waals surface area contributed by atoms with Crippen molar-refractivity contribution >= 4 is 34.2 Å². The van der Waals surface area contributed by atoms with Crippen LogP contribution in [0, 0.1) is 0 Å². The van der Waals surface area contributed by atoms with Gasteiger partial charge in [0.05, 0.1) is 10.5 Å². The molecule has 1 amide bonds. The number of anilines is 1. The van der Waals surface area contributed by atoms with Gasteiger partial charge in [-0.25, -0.2) is 4.98 Å². The Balaban J connectivity index is 2.27. The van der Waals surface area contributed by atoms with Crippen LogP contribution >= 0.6 is 11.6 Å². The molecule has 0 atom stereocenters. The van der Waals surface area contributed by atoms with Crippen LogP contribution in [0.4, 0.5) is 5.82 Å². The van der Waals surface area contributed by atoms with E-state index in [-0.39, 0.29) is 5.91 Å². The Bertz CT molecular complexity index is 624. The van der Waals surface area contributed by atoms with Gasteiger partial charge in [-0.05, 0) is 24.1 Å². The molecule has 0 N–H and O–H groups in total. The first-order valence-corrected chi connectivity index (χ1v) is 5.91. The molecule has 1 aliphatic rings. The molecule has 1 aromatic carbocycles. The molecule has 0 saturated carbocycles. The number of carbonyl (C=O) groups is 1. The maximum absolute atomic E-state index is 11.5. The van der Waals surface area contributed by atoms with Gasteiger partial charge in [-0.2, -0.15) is 0 Å². The van der Waals surface area contributed by atoms with Crippen molar-refractivity contribution in [3.63, 3.8) is 0 Å². The lowest BCUT2D eigenvalue weighted by molar-refractivity contribution is -0.116. The lowest BCUT2D eigenvalue weighted by Gasteiger charge is -2.14. The molecule has 2 aromatic rings. The highest BCUT2D eigenvalue weighted by Crippen LogP contribution is 2.31. The summed E-state index contributed by atoms with van der Waals surface area (Å²) in [5, 5.41) is 1.65. The minimum Gasteiger partial charge on any atom is -0.296 e. The smallest absolute Gasteiger partial charge is 0.225 e. The second-order valence-electron chi connectivity index (χ2n) is 4.20. The van der Waals surface area contributed by atoms with Gasteiger partial charge in [0.1, 0.15) is 5.82 Å². The largest absolute Gasteiger partial charge is 0.296 e. The summed E-state index contributed by atoms with van der Waals surface area (Å²) < 4.78 is 0. The van der Waals surface area contributed by atoms with E-state index in [1.165, 1.54) is 0 Å². The SMILES string of the molecule is CC(=O)N1CCc2cc3cccc(Cl)c3nc21. The van der Waals surface area contributed by atoms with E-state index in [2.05, 4.69) is 11.1 Å². The highest BCUT2D eigenvalue weighted by Gasteiger charge is 2.24. The molecule has 0 fully saturated rings. The van der Waals surface area contributed by atoms with Crippen LogP contribution in [0.15, 0.2) is 24.3 Å². The summed E-state index contributed by atoms with van der Waals surface area (Å²) in [6.45, 7) is 2.28. The summed E-state index contributed by atoms with van der Waals surface area (Å²) in [5.41, 5.74) is 1.89. The summed E-state index contributed by atoms with van der Waals surface area (Å²) in [4.78, 5) is 17.7. The second kappa shape index (κ2) is 3.70. The quantitative estimate of drug-likeness (QED) is 0.716. The molecule has 17 heavy (non-hydrogen) atoms. The molecule has 0 spiro atoms. The van der Waals surface area contributed by atoms with Gasteiger partial charge in [-0.3, -0.25) is 9.69 Å². The molecule has 86 valence electrons. The van der Waals surface area contributed by atoms with Crippen molar-refractivity contribution < 1.29 is 4.79 Å². The van der Waals surface area contributed by atoms with Crippen LogP contribution in [0.3, 0.4) is 0 Å². The normalized spacial score (nSPS) is 14.1. The van der Waals surface area contributed by atoms with E-state index in [0.717, 1.165) is 28.7 Å². The third-order valence-electron chi connectivity index (χ3n) is 3.09. The van der Waals surface area contributed by atoms with Crippen molar-refractivity contribution in [1.82, 2.24) is 4.98 Å². The summed E-state index contributed by atoms with van der Waals surface area (Å²) in [6.07, 6.45) is 0.865. The fourth-order valence-electron chi connectivity index (χ4n) is 2.26. The second-order valence-corrected chi connectivity index (χ2v) is 4.61. The molecule has 0 saturated heterocycles. The molecule has 0 bridgehead atoms. The molecule has 0 aliphatic carbocycles. The number of benzene rings is 1. The van der Waals surface area contributed by atoms with Crippen LogP contribution in [-0.4, -0.2) is 17.4 Å². The van der Waals surface area contributed by atoms with Crippen LogP contribution in [0.5, 0.6) is 0 Å². The Morgan fingerprint density at radius 2 is 2.29 bits per heavy atom. The minimum atomic E-state index is 0.0302. The lowest BCUT2D eigenvalue weighted by atomic mass is 10.1. The molecule has 3 rings (SSSR count). The van der Waals surface area contributed by atoms with E-state index >= 15 is 0 Å². The summed E-state index contributed by atoms with van der Waals surface area (Å²) in [6, 6.07) is 7.80. The predicted molar refractivity (Wildman–Crippen MR) is 68.5 cm³/mol. The molecule has 1 aliphatic heterocycles. The summed E-state index contributed by atoms with van der Waals surface area (Å²) in [7, 11) is 0. The van der Waals surface area contributed by atoms with Crippen molar-refractivity contribution in [3.8, 4) is 0 Å². The Morgan fingerprint density at radius 3 is 3.06 bits per heavy atom. The minimum absolute atomic E-state index is 0.0302. The number of fused-ring (bicyclic) bond motifs is 2. The standard InChI is InChI=1S/C13H11ClN2O/c1-8(17)16-6-5-10-7-9-3-2-4-11(14)12(9)15-13(10)16/h2-4,7H,5-6H2,1H3. The zero-order chi connectivity index (χ0) is 12.0. The van der Waals surface area contributed by atoms with Gasteiger partial charge in [-0.15, -0.1) is 0 Å². The molecule has 4 heteroatoms. The summed E-state index contributed by atoms with van der Waals surface area (Å²) in [5.74, 6) is 0.792. The van der Waals surface area contributed by atoms with E-state index in [0.29, 0.717) is 11.6 Å². The van der Waals surface area contributed by atoms with Gasteiger partial charge in [-0.1, -0.05) is 23.7 Å². The van der Waals surface area contributed by atoms with Crippen LogP contribution in [0.25, 0.3) is 10.9 Å². The number of hydrogen-bond acceptors (Lipinski definition) is 2. The van der Waals surface area contributed by atoms with Crippen LogP contribution in [-0.2, 0) is 11.2 Å². The topological polar surface area (TPSA) is 33.2 Å². The number of hydrogen-bond donors (Lipinski definition) is 0. The molecule has 0 unspecified atom stereocenters. The lowest BCUT2D eigenvalue weighted by Crippen LogP contribution is -2.26. The van der Waals surface area contributed by atoms with Gasteiger partial charge in [0, 0.05) is 18.9 Å². The first-order valence-electron chi connectivity index (χ1n) is 5.53. The fraction of sp³-hybridized carbons (Fsp3) is 0.231. The van der Waals surface area contributed by atoms with E-state index in [1.807, 2.05) is 18.2 Å². The van der Waals surface area contributed by atoms with E-state index < -0.39 is 0 Å². The number of pyridine rings is 1. The number of amides is 1. The highest BCUT2D eigenvalue weighted by molar-refractivity contribution is 6.35. The maximum atomic E-state index is 11.5. The summed E-state index contributed by atoms with van der Waals surface area (Å²) >= 11 is 6.12. The van der Waals surface area contributed by atoms with Crippen molar-refractivity contribution in [2.45, 2.75) is 13.3 Å². The monoisotopic (exact) mass is 246 g/mol. The zero-order valence-corrected chi connectivity index (χ0v) is 10.2. The van der Waals surface area contributed by atoms with E-state index in [4.69, 9.17) is 11.6 Å². The van der Waals surface area contributed by atoms with Gasteiger partial charge >= 0.3 is 0 Å². The Labute approximate surface area is 104 Å². The Hall–Kier alpha value is -1.61. The molecule has 3 nitrogen and oxygen atoms in total. The molecule has 2 heterocycles. The third kappa shape index (κ3) is 1.58. The maximum Gasteiger partial charge on any atom is 0.225 e. The molecular formula is C13H11ClN2O. The highest BCUT2D eigenvalue weighted by atomic mass is 35.5. The first-order chi connectivity index (χ1) is 8.16. The number of rotatable bonds is 0. The number of aromatic nitrogens is 1. The van der Waals surface area contributed by atoms with Crippen molar-refractivity contribution in [2.24, 2.45) is 0 Å². The molecule has 0 radical (unpaired) electrons. The Morgan fingerprint density at radius 1 is 1.47 bits per heavy atom. The zero-order valence-electron chi connectivity index (χ0n) is 9.40. The van der Waals surface area contributed by atoms with Crippen LogP contribution in [0.2, 0.25) is 5.02 Å². The van der Waals surface area contributed by atoms with Crippen molar-refractivity contribution in [1.29, 1.82) is 0 Å². The average molecular weight is 247 g/mol. The Kier molecular flexibility index (Phi) is 2.30. The first kappa shape index (κ1) is 10.5. The van der Waals surface area contributed by atoms with Crippen LogP contribution < -0.4 is 4.90 Å². The molecule has 1 aromatic heterocycles. The van der Waals surface area contributed by atoms with E-state index in [9.17, 15) is 4.79 Å². The predicted octanol–water partition coefficient (Wildman–Crippen LogP) is 2.80. The number of halogens is 1. The number of para-hydroxylation sites is 1. The fourth-order valence-corrected chi connectivity index (χ4v) is 2.48. The number of carbonyl (C=O) groups excluding carboxylic acids is 1. The van der Waals surface area contributed by atoms with E-state index in [1.54, 1.807) is 11.8 Å². The number of nitrogens with zero attached hydrogens (tertiary/aromatic N) is 2. The van der Waals surface area contributed by atoms with Crippen molar-refractivity contribution in [3.05, 3.63) is 34.9 Å². The third-order valence-corrected chi connectivity index (χ3v) is 3.40. The van der Waals surface area contributed by atoms with Gasteiger partial charge in [0.15, 0.2) is 0 Å².